The summed E-state index contributed by atoms with van der Waals surface area (Å²) in [5, 5.41) is 7.46. The van der Waals surface area contributed by atoms with Gasteiger partial charge >= 0.3 is 0 Å². The monoisotopic (exact) mass is 685 g/mol. The zero-order valence-electron chi connectivity index (χ0n) is 27.8. The second-order valence-corrected chi connectivity index (χ2v) is 13.4. The van der Waals surface area contributed by atoms with Gasteiger partial charge in [-0.05, 0) is 74.1 Å². The molecule has 0 fully saturated rings. The first-order valence-corrected chi connectivity index (χ1v) is 17.6. The van der Waals surface area contributed by atoms with Crippen molar-refractivity contribution in [3.63, 3.8) is 0 Å². The summed E-state index contributed by atoms with van der Waals surface area (Å²) < 4.78 is 6.17. The molecule has 0 aliphatic rings. The minimum atomic E-state index is 0.626. The van der Waals surface area contributed by atoms with Gasteiger partial charge in [0.2, 0.25) is 0 Å². The lowest BCUT2D eigenvalue weighted by atomic mass is 9.96. The summed E-state index contributed by atoms with van der Waals surface area (Å²) in [7, 11) is 0. The topological polar surface area (TPSA) is 51.8 Å². The molecule has 0 radical (unpaired) electrons. The van der Waals surface area contributed by atoms with Crippen LogP contribution in [-0.4, -0.2) is 15.0 Å². The SMILES string of the molecule is Clc1ccc2c(c1)oc1cccc(-c3ccc4cc(-c5nc(-c6ccccc6)nc(-c6ccc(-c7cccc8ccccc78)cc6)n5)ccc4c3)c12. The van der Waals surface area contributed by atoms with Gasteiger partial charge in [-0.25, -0.2) is 15.0 Å². The van der Waals surface area contributed by atoms with Gasteiger partial charge in [-0.15, -0.1) is 0 Å². The molecule has 4 nitrogen and oxygen atoms in total. The summed E-state index contributed by atoms with van der Waals surface area (Å²) in [6.07, 6.45) is 0. The molecule has 0 unspecified atom stereocenters. The first-order chi connectivity index (χ1) is 25.6. The highest BCUT2D eigenvalue weighted by atomic mass is 35.5. The molecule has 2 aromatic heterocycles. The Bertz CT molecular complexity index is 2960. The van der Waals surface area contributed by atoms with Crippen molar-refractivity contribution < 1.29 is 4.42 Å². The van der Waals surface area contributed by atoms with E-state index in [9.17, 15) is 0 Å². The molecular weight excluding hydrogens is 658 g/mol. The minimum Gasteiger partial charge on any atom is -0.456 e. The number of furan rings is 1. The number of nitrogens with zero attached hydrogens (tertiary/aromatic N) is 3. The van der Waals surface area contributed by atoms with Crippen molar-refractivity contribution in [3.8, 4) is 56.4 Å². The van der Waals surface area contributed by atoms with Gasteiger partial charge in [0.25, 0.3) is 0 Å². The highest BCUT2D eigenvalue weighted by molar-refractivity contribution is 6.31. The molecule has 52 heavy (non-hydrogen) atoms. The number of benzene rings is 8. The van der Waals surface area contributed by atoms with Crippen molar-refractivity contribution in [2.24, 2.45) is 0 Å². The molecule has 2 heterocycles. The van der Waals surface area contributed by atoms with Crippen LogP contribution in [0.25, 0.3) is 99.9 Å². The van der Waals surface area contributed by atoms with E-state index in [1.807, 2.05) is 60.7 Å². The fourth-order valence-electron chi connectivity index (χ4n) is 7.22. The number of fused-ring (bicyclic) bond motifs is 5. The molecule has 0 saturated carbocycles. The van der Waals surface area contributed by atoms with E-state index in [-0.39, 0.29) is 0 Å². The Kier molecular flexibility index (Phi) is 7.15. The van der Waals surface area contributed by atoms with Gasteiger partial charge in [0.15, 0.2) is 17.5 Å². The van der Waals surface area contributed by atoms with Crippen LogP contribution in [0.15, 0.2) is 174 Å². The summed E-state index contributed by atoms with van der Waals surface area (Å²) >= 11 is 6.28. The summed E-state index contributed by atoms with van der Waals surface area (Å²) in [4.78, 5) is 15.0. The Hall–Kier alpha value is -6.62. The smallest absolute Gasteiger partial charge is 0.164 e. The Morgan fingerprint density at radius 3 is 1.77 bits per heavy atom. The van der Waals surface area contributed by atoms with E-state index < -0.39 is 0 Å². The van der Waals surface area contributed by atoms with Crippen molar-refractivity contribution in [1.82, 2.24) is 15.0 Å². The number of hydrogen-bond donors (Lipinski definition) is 0. The van der Waals surface area contributed by atoms with Crippen LogP contribution in [-0.2, 0) is 0 Å². The maximum absolute atomic E-state index is 6.28. The summed E-state index contributed by atoms with van der Waals surface area (Å²) in [6, 6.07) is 58.5. The molecule has 0 aliphatic heterocycles. The van der Waals surface area contributed by atoms with Gasteiger partial charge in [0.1, 0.15) is 11.2 Å². The van der Waals surface area contributed by atoms with Gasteiger partial charge in [-0.1, -0.05) is 145 Å². The quantitative estimate of drug-likeness (QED) is 0.181. The predicted octanol–water partition coefficient (Wildman–Crippen LogP) is 13.1. The molecule has 10 aromatic rings. The van der Waals surface area contributed by atoms with Crippen molar-refractivity contribution in [3.05, 3.63) is 175 Å². The minimum absolute atomic E-state index is 0.626. The first-order valence-electron chi connectivity index (χ1n) is 17.2. The highest BCUT2D eigenvalue weighted by Gasteiger charge is 2.16. The molecule has 5 heteroatoms. The van der Waals surface area contributed by atoms with Crippen LogP contribution in [0.1, 0.15) is 0 Å². The molecule has 0 aliphatic carbocycles. The summed E-state index contributed by atoms with van der Waals surface area (Å²) in [5.74, 6) is 1.89. The Morgan fingerprint density at radius 1 is 0.365 bits per heavy atom. The summed E-state index contributed by atoms with van der Waals surface area (Å²) in [6.45, 7) is 0. The van der Waals surface area contributed by atoms with Crippen LogP contribution < -0.4 is 0 Å². The van der Waals surface area contributed by atoms with Gasteiger partial charge in [-0.3, -0.25) is 0 Å². The van der Waals surface area contributed by atoms with E-state index in [1.165, 1.54) is 16.3 Å². The maximum Gasteiger partial charge on any atom is 0.164 e. The second kappa shape index (κ2) is 12.3. The van der Waals surface area contributed by atoms with E-state index in [0.717, 1.165) is 66.1 Å². The molecule has 0 saturated heterocycles. The lowest BCUT2D eigenvalue weighted by molar-refractivity contribution is 0.669. The van der Waals surface area contributed by atoms with Gasteiger partial charge < -0.3 is 4.42 Å². The van der Waals surface area contributed by atoms with E-state index in [4.69, 9.17) is 31.0 Å². The molecule has 10 rings (SSSR count). The highest BCUT2D eigenvalue weighted by Crippen LogP contribution is 2.39. The van der Waals surface area contributed by atoms with E-state index in [2.05, 4.69) is 109 Å². The zero-order chi connectivity index (χ0) is 34.6. The Morgan fingerprint density at radius 2 is 0.962 bits per heavy atom. The van der Waals surface area contributed by atoms with Crippen LogP contribution in [0.3, 0.4) is 0 Å². The van der Waals surface area contributed by atoms with Crippen LogP contribution >= 0.6 is 11.6 Å². The average Bonchev–Trinajstić information content (AvgIpc) is 3.58. The molecule has 0 amide bonds. The molecule has 0 atom stereocenters. The van der Waals surface area contributed by atoms with Crippen molar-refractivity contribution in [1.29, 1.82) is 0 Å². The summed E-state index contributed by atoms with van der Waals surface area (Å²) in [5.41, 5.74) is 9.00. The van der Waals surface area contributed by atoms with Crippen molar-refractivity contribution in [2.75, 3.05) is 0 Å². The molecule has 244 valence electrons. The lowest BCUT2D eigenvalue weighted by Crippen LogP contribution is -2.00. The van der Waals surface area contributed by atoms with E-state index >= 15 is 0 Å². The fraction of sp³-hybridized carbons (Fsp3) is 0. The lowest BCUT2D eigenvalue weighted by Gasteiger charge is -2.11. The third kappa shape index (κ3) is 5.29. The van der Waals surface area contributed by atoms with Crippen LogP contribution in [0.4, 0.5) is 0 Å². The van der Waals surface area contributed by atoms with Gasteiger partial charge in [0.05, 0.1) is 0 Å². The number of aromatic nitrogens is 3. The number of halogens is 1. The molecule has 0 spiro atoms. The van der Waals surface area contributed by atoms with Crippen molar-refractivity contribution >= 4 is 55.1 Å². The number of hydrogen-bond acceptors (Lipinski definition) is 4. The van der Waals surface area contributed by atoms with Gasteiger partial charge in [-0.2, -0.15) is 0 Å². The normalized spacial score (nSPS) is 11.6. The van der Waals surface area contributed by atoms with Gasteiger partial charge in [0, 0.05) is 38.6 Å². The van der Waals surface area contributed by atoms with Crippen LogP contribution in [0.5, 0.6) is 0 Å². The first kappa shape index (κ1) is 30.2. The average molecular weight is 686 g/mol. The molecule has 0 bridgehead atoms. The Balaban J connectivity index is 1.05. The van der Waals surface area contributed by atoms with Crippen LogP contribution in [0, 0.1) is 0 Å². The zero-order valence-corrected chi connectivity index (χ0v) is 28.5. The third-order valence-electron chi connectivity index (χ3n) is 9.78. The molecular formula is C47H28ClN3O. The van der Waals surface area contributed by atoms with Crippen molar-refractivity contribution in [2.45, 2.75) is 0 Å². The molecule has 0 N–H and O–H groups in total. The fourth-order valence-corrected chi connectivity index (χ4v) is 7.38. The van der Waals surface area contributed by atoms with E-state index in [1.54, 1.807) is 0 Å². The Labute approximate surface area is 304 Å². The maximum atomic E-state index is 6.28. The number of rotatable bonds is 5. The largest absolute Gasteiger partial charge is 0.456 e. The standard InChI is InChI=1S/C47H28ClN3O/c48-37-24-25-41-43(28-37)52-42-15-7-14-40(44(41)42)35-22-20-34-27-36(23-21-33(34)26-35)47-50-45(31-9-2-1-3-10-31)49-46(51-47)32-18-16-30(17-19-32)39-13-6-11-29-8-4-5-12-38(29)39/h1-28H. The van der Waals surface area contributed by atoms with E-state index in [0.29, 0.717) is 22.5 Å². The molecule has 8 aromatic carbocycles. The second-order valence-electron chi connectivity index (χ2n) is 13.0. The third-order valence-corrected chi connectivity index (χ3v) is 10.0. The van der Waals surface area contributed by atoms with Crippen LogP contribution in [0.2, 0.25) is 5.02 Å². The predicted molar refractivity (Wildman–Crippen MR) is 214 cm³/mol.